The summed E-state index contributed by atoms with van der Waals surface area (Å²) in [5, 5.41) is 4.42. The summed E-state index contributed by atoms with van der Waals surface area (Å²) in [4.78, 5) is 12.3. The highest BCUT2D eigenvalue weighted by atomic mass is 32.2. The third kappa shape index (κ3) is 3.20. The molecule has 0 aliphatic carbocycles. The molecule has 0 unspecified atom stereocenters. The lowest BCUT2D eigenvalue weighted by Crippen LogP contribution is -2.27. The van der Waals surface area contributed by atoms with Gasteiger partial charge in [-0.25, -0.2) is 8.42 Å². The number of sulfone groups is 1. The highest BCUT2D eigenvalue weighted by molar-refractivity contribution is 7.92. The van der Waals surface area contributed by atoms with Gasteiger partial charge in [0.25, 0.3) is 5.91 Å². The molecule has 7 heteroatoms. The Bertz CT molecular complexity index is 785. The van der Waals surface area contributed by atoms with Crippen molar-refractivity contribution < 1.29 is 13.2 Å². The molecule has 22 heavy (non-hydrogen) atoms. The van der Waals surface area contributed by atoms with E-state index in [2.05, 4.69) is 9.69 Å². The minimum atomic E-state index is -3.39. The summed E-state index contributed by atoms with van der Waals surface area (Å²) in [6.45, 7) is 6.74. The van der Waals surface area contributed by atoms with Crippen LogP contribution in [0.2, 0.25) is 0 Å². The number of nitrogens with zero attached hydrogens (tertiary/aromatic N) is 1. The molecule has 0 aliphatic heterocycles. The molecular formula is C15H18N2O3S2. The molecule has 0 bridgehead atoms. The predicted molar refractivity (Wildman–Crippen MR) is 88.2 cm³/mol. The number of rotatable bonds is 3. The lowest BCUT2D eigenvalue weighted by atomic mass is 10.2. The van der Waals surface area contributed by atoms with E-state index >= 15 is 0 Å². The Morgan fingerprint density at radius 3 is 2.23 bits per heavy atom. The van der Waals surface area contributed by atoms with E-state index in [1.54, 1.807) is 45.2 Å². The van der Waals surface area contributed by atoms with Gasteiger partial charge in [-0.2, -0.15) is 4.37 Å². The SMILES string of the molecule is Cc1nscc1C(=O)Nc1ccc(S(=O)(=O)C(C)(C)C)cc1. The van der Waals surface area contributed by atoms with Crippen molar-refractivity contribution in [2.75, 3.05) is 5.32 Å². The number of hydrogen-bond acceptors (Lipinski definition) is 5. The number of hydrogen-bond donors (Lipinski definition) is 1. The summed E-state index contributed by atoms with van der Waals surface area (Å²) < 4.78 is 27.8. The Labute approximate surface area is 134 Å². The number of carbonyl (C=O) groups is 1. The van der Waals surface area contributed by atoms with Crippen LogP contribution in [0.3, 0.4) is 0 Å². The fourth-order valence-corrected chi connectivity index (χ4v) is 3.67. The smallest absolute Gasteiger partial charge is 0.258 e. The van der Waals surface area contributed by atoms with E-state index in [1.165, 1.54) is 23.7 Å². The molecule has 2 aromatic rings. The van der Waals surface area contributed by atoms with Crippen molar-refractivity contribution in [2.45, 2.75) is 37.3 Å². The topological polar surface area (TPSA) is 76.1 Å². The summed E-state index contributed by atoms with van der Waals surface area (Å²) in [7, 11) is -3.39. The Balaban J connectivity index is 2.20. The minimum absolute atomic E-state index is 0.242. The Morgan fingerprint density at radius 1 is 1.18 bits per heavy atom. The molecule has 1 aromatic heterocycles. The predicted octanol–water partition coefficient (Wildman–Crippen LogP) is 3.28. The largest absolute Gasteiger partial charge is 0.322 e. The van der Waals surface area contributed by atoms with Crippen molar-refractivity contribution in [1.29, 1.82) is 0 Å². The summed E-state index contributed by atoms with van der Waals surface area (Å²) in [6, 6.07) is 6.20. The van der Waals surface area contributed by atoms with Gasteiger partial charge in [0, 0.05) is 11.1 Å². The number of benzene rings is 1. The van der Waals surface area contributed by atoms with Gasteiger partial charge in [-0.1, -0.05) is 0 Å². The molecule has 1 N–H and O–H groups in total. The lowest BCUT2D eigenvalue weighted by Gasteiger charge is -2.19. The first kappa shape index (κ1) is 16.6. The normalized spacial score (nSPS) is 12.2. The molecule has 0 spiro atoms. The molecular weight excluding hydrogens is 320 g/mol. The van der Waals surface area contributed by atoms with Crippen molar-refractivity contribution in [2.24, 2.45) is 0 Å². The Hall–Kier alpha value is -1.73. The Kier molecular flexibility index (Phi) is 4.39. The van der Waals surface area contributed by atoms with Gasteiger partial charge >= 0.3 is 0 Å². The van der Waals surface area contributed by atoms with Crippen molar-refractivity contribution in [1.82, 2.24) is 4.37 Å². The maximum Gasteiger partial charge on any atom is 0.258 e. The summed E-state index contributed by atoms with van der Waals surface area (Å²) >= 11 is 1.22. The number of amides is 1. The minimum Gasteiger partial charge on any atom is -0.322 e. The van der Waals surface area contributed by atoms with Crippen LogP contribution in [0.4, 0.5) is 5.69 Å². The first-order valence-electron chi connectivity index (χ1n) is 6.70. The fourth-order valence-electron chi connectivity index (χ4n) is 1.78. The summed E-state index contributed by atoms with van der Waals surface area (Å²) in [5.74, 6) is -0.252. The molecule has 1 heterocycles. The van der Waals surface area contributed by atoms with Crippen LogP contribution in [0, 0.1) is 6.92 Å². The zero-order valence-corrected chi connectivity index (χ0v) is 14.5. The number of nitrogens with one attached hydrogen (secondary N) is 1. The van der Waals surface area contributed by atoms with Crippen molar-refractivity contribution in [3.05, 3.63) is 40.9 Å². The van der Waals surface area contributed by atoms with Crippen LogP contribution >= 0.6 is 11.5 Å². The van der Waals surface area contributed by atoms with Gasteiger partial charge in [0.05, 0.1) is 20.9 Å². The van der Waals surface area contributed by atoms with E-state index in [-0.39, 0.29) is 10.8 Å². The van der Waals surface area contributed by atoms with Gasteiger partial charge < -0.3 is 5.32 Å². The quantitative estimate of drug-likeness (QED) is 0.932. The third-order valence-electron chi connectivity index (χ3n) is 3.22. The third-order valence-corrected chi connectivity index (χ3v) is 6.45. The number of aromatic nitrogens is 1. The molecule has 2 rings (SSSR count). The first-order chi connectivity index (χ1) is 10.1. The molecule has 1 aromatic carbocycles. The molecule has 118 valence electrons. The highest BCUT2D eigenvalue weighted by Gasteiger charge is 2.30. The van der Waals surface area contributed by atoms with Crippen LogP contribution in [0.1, 0.15) is 36.8 Å². The van der Waals surface area contributed by atoms with E-state index < -0.39 is 14.6 Å². The summed E-state index contributed by atoms with van der Waals surface area (Å²) in [5.41, 5.74) is 1.74. The zero-order valence-electron chi connectivity index (χ0n) is 12.9. The molecule has 0 saturated heterocycles. The van der Waals surface area contributed by atoms with E-state index in [4.69, 9.17) is 0 Å². The zero-order chi connectivity index (χ0) is 16.5. The number of aryl methyl sites for hydroxylation is 1. The number of carbonyl (C=O) groups excluding carboxylic acids is 1. The lowest BCUT2D eigenvalue weighted by molar-refractivity contribution is 0.102. The second-order valence-electron chi connectivity index (χ2n) is 5.91. The maximum absolute atomic E-state index is 12.3. The summed E-state index contributed by atoms with van der Waals surface area (Å²) in [6.07, 6.45) is 0. The molecule has 0 atom stereocenters. The monoisotopic (exact) mass is 338 g/mol. The number of anilines is 1. The van der Waals surface area contributed by atoms with Crippen LogP contribution < -0.4 is 5.32 Å². The van der Waals surface area contributed by atoms with Gasteiger partial charge in [-0.05, 0) is 63.5 Å². The molecule has 5 nitrogen and oxygen atoms in total. The van der Waals surface area contributed by atoms with Crippen LogP contribution in [0.25, 0.3) is 0 Å². The molecule has 0 aliphatic rings. The van der Waals surface area contributed by atoms with Gasteiger partial charge in [-0.3, -0.25) is 4.79 Å². The molecule has 0 radical (unpaired) electrons. The maximum atomic E-state index is 12.3. The van der Waals surface area contributed by atoms with Gasteiger partial charge in [-0.15, -0.1) is 0 Å². The van der Waals surface area contributed by atoms with Gasteiger partial charge in [0.1, 0.15) is 0 Å². The first-order valence-corrected chi connectivity index (χ1v) is 9.02. The fraction of sp³-hybridized carbons (Fsp3) is 0.333. The average molecular weight is 338 g/mol. The van der Waals surface area contributed by atoms with E-state index in [9.17, 15) is 13.2 Å². The van der Waals surface area contributed by atoms with Crippen molar-refractivity contribution >= 4 is 33.0 Å². The van der Waals surface area contributed by atoms with Crippen molar-refractivity contribution in [3.8, 4) is 0 Å². The highest BCUT2D eigenvalue weighted by Crippen LogP contribution is 2.26. The van der Waals surface area contributed by atoms with Crippen LogP contribution in [-0.4, -0.2) is 23.4 Å². The van der Waals surface area contributed by atoms with Crippen LogP contribution in [0.15, 0.2) is 34.5 Å². The molecule has 0 fully saturated rings. The standard InChI is InChI=1S/C15H18N2O3S2/c1-10-13(9-21-17-10)14(18)16-11-5-7-12(8-6-11)22(19,20)15(2,3)4/h5-9H,1-4H3,(H,16,18). The molecule has 0 saturated carbocycles. The van der Waals surface area contributed by atoms with E-state index in [1.807, 2.05) is 0 Å². The van der Waals surface area contributed by atoms with Crippen LogP contribution in [0.5, 0.6) is 0 Å². The molecule has 1 amide bonds. The Morgan fingerprint density at radius 2 is 1.77 bits per heavy atom. The van der Waals surface area contributed by atoms with E-state index in [0.717, 1.165) is 0 Å². The van der Waals surface area contributed by atoms with Crippen LogP contribution in [-0.2, 0) is 9.84 Å². The average Bonchev–Trinajstić information content (AvgIpc) is 2.84. The van der Waals surface area contributed by atoms with E-state index in [0.29, 0.717) is 16.9 Å². The van der Waals surface area contributed by atoms with Gasteiger partial charge in [0.15, 0.2) is 9.84 Å². The van der Waals surface area contributed by atoms with Crippen molar-refractivity contribution in [3.63, 3.8) is 0 Å². The second kappa shape index (κ2) is 5.81. The van der Waals surface area contributed by atoms with Gasteiger partial charge in [0.2, 0.25) is 0 Å². The second-order valence-corrected chi connectivity index (χ2v) is 9.24.